The van der Waals surface area contributed by atoms with Gasteiger partial charge in [0.05, 0.1) is 6.61 Å². The van der Waals surface area contributed by atoms with Gasteiger partial charge in [0.25, 0.3) is 0 Å². The first-order chi connectivity index (χ1) is 8.20. The molecule has 0 bridgehead atoms. The number of likely N-dealkylation sites (tertiary alicyclic amines) is 1. The van der Waals surface area contributed by atoms with Crippen LogP contribution in [0.2, 0.25) is 0 Å². The predicted octanol–water partition coefficient (Wildman–Crippen LogP) is 2.12. The molecular weight excluding hydrogens is 234 g/mol. The van der Waals surface area contributed by atoms with Crippen molar-refractivity contribution in [3.63, 3.8) is 0 Å². The highest BCUT2D eigenvalue weighted by Crippen LogP contribution is 2.23. The normalized spacial score (nSPS) is 19.8. The fourth-order valence-corrected chi connectivity index (χ4v) is 2.39. The SMILES string of the molecule is CCOc1ccccc1CN1CC(S)CC1=O. The Labute approximate surface area is 107 Å². The number of rotatable bonds is 4. The standard InChI is InChI=1S/C13H17NO2S/c1-2-16-12-6-4-3-5-10(12)8-14-9-11(17)7-13(14)15/h3-6,11,17H,2,7-9H2,1H3. The maximum Gasteiger partial charge on any atom is 0.224 e. The molecule has 1 aromatic carbocycles. The lowest BCUT2D eigenvalue weighted by atomic mass is 10.2. The van der Waals surface area contributed by atoms with Crippen LogP contribution in [0.5, 0.6) is 5.75 Å². The van der Waals surface area contributed by atoms with Crippen molar-refractivity contribution in [2.45, 2.75) is 25.1 Å². The molecule has 1 fully saturated rings. The van der Waals surface area contributed by atoms with Gasteiger partial charge in [0, 0.05) is 30.3 Å². The van der Waals surface area contributed by atoms with E-state index in [9.17, 15) is 4.79 Å². The van der Waals surface area contributed by atoms with E-state index in [4.69, 9.17) is 4.74 Å². The number of nitrogens with zero attached hydrogens (tertiary/aromatic N) is 1. The Morgan fingerprint density at radius 1 is 1.47 bits per heavy atom. The van der Waals surface area contributed by atoms with Crippen LogP contribution in [-0.2, 0) is 11.3 Å². The van der Waals surface area contributed by atoms with Gasteiger partial charge in [-0.3, -0.25) is 4.79 Å². The van der Waals surface area contributed by atoms with E-state index in [1.165, 1.54) is 0 Å². The van der Waals surface area contributed by atoms with Crippen LogP contribution in [0.1, 0.15) is 18.9 Å². The number of carbonyl (C=O) groups is 1. The second-order valence-corrected chi connectivity index (χ2v) is 4.90. The van der Waals surface area contributed by atoms with E-state index in [0.29, 0.717) is 19.6 Å². The summed E-state index contributed by atoms with van der Waals surface area (Å²) in [6.07, 6.45) is 0.542. The largest absolute Gasteiger partial charge is 0.494 e. The molecule has 1 unspecified atom stereocenters. The molecule has 3 nitrogen and oxygen atoms in total. The van der Waals surface area contributed by atoms with Crippen molar-refractivity contribution >= 4 is 18.5 Å². The fourth-order valence-electron chi connectivity index (χ4n) is 2.04. The topological polar surface area (TPSA) is 29.5 Å². The average molecular weight is 251 g/mol. The molecule has 0 radical (unpaired) electrons. The lowest BCUT2D eigenvalue weighted by Crippen LogP contribution is -2.25. The van der Waals surface area contributed by atoms with E-state index < -0.39 is 0 Å². The predicted molar refractivity (Wildman–Crippen MR) is 70.4 cm³/mol. The Morgan fingerprint density at radius 2 is 2.24 bits per heavy atom. The molecule has 1 saturated heterocycles. The number of hydrogen-bond donors (Lipinski definition) is 1. The molecule has 92 valence electrons. The number of hydrogen-bond acceptors (Lipinski definition) is 3. The van der Waals surface area contributed by atoms with Crippen molar-refractivity contribution in [3.05, 3.63) is 29.8 Å². The summed E-state index contributed by atoms with van der Waals surface area (Å²) < 4.78 is 5.55. The number of thiol groups is 1. The first-order valence-electron chi connectivity index (χ1n) is 5.87. The van der Waals surface area contributed by atoms with Gasteiger partial charge in [0.2, 0.25) is 5.91 Å². The molecule has 0 saturated carbocycles. The molecule has 0 aliphatic carbocycles. The summed E-state index contributed by atoms with van der Waals surface area (Å²) in [4.78, 5) is 13.5. The Morgan fingerprint density at radius 3 is 2.88 bits per heavy atom. The molecule has 1 amide bonds. The third-order valence-corrected chi connectivity index (χ3v) is 3.17. The van der Waals surface area contributed by atoms with Gasteiger partial charge in [0.1, 0.15) is 5.75 Å². The summed E-state index contributed by atoms with van der Waals surface area (Å²) in [5.74, 6) is 1.04. The van der Waals surface area contributed by atoms with Crippen LogP contribution in [0.3, 0.4) is 0 Å². The number of amides is 1. The van der Waals surface area contributed by atoms with Crippen molar-refractivity contribution in [2.24, 2.45) is 0 Å². The molecule has 1 aliphatic heterocycles. The molecule has 17 heavy (non-hydrogen) atoms. The molecule has 1 atom stereocenters. The van der Waals surface area contributed by atoms with Gasteiger partial charge in [-0.1, -0.05) is 18.2 Å². The van der Waals surface area contributed by atoms with Crippen molar-refractivity contribution in [3.8, 4) is 5.75 Å². The number of para-hydroxylation sites is 1. The molecular formula is C13H17NO2S. The van der Waals surface area contributed by atoms with Gasteiger partial charge in [-0.15, -0.1) is 0 Å². The number of benzene rings is 1. The van der Waals surface area contributed by atoms with E-state index >= 15 is 0 Å². The fraction of sp³-hybridized carbons (Fsp3) is 0.462. The molecule has 1 heterocycles. The molecule has 2 rings (SSSR count). The Hall–Kier alpha value is -1.16. The first kappa shape index (κ1) is 12.3. The molecule has 0 N–H and O–H groups in total. The third kappa shape index (κ3) is 2.94. The van der Waals surface area contributed by atoms with E-state index in [2.05, 4.69) is 12.6 Å². The molecule has 1 aliphatic rings. The van der Waals surface area contributed by atoms with Crippen LogP contribution in [-0.4, -0.2) is 29.2 Å². The number of carbonyl (C=O) groups excluding carboxylic acids is 1. The molecule has 0 spiro atoms. The van der Waals surface area contributed by atoms with Crippen LogP contribution in [0.4, 0.5) is 0 Å². The summed E-state index contributed by atoms with van der Waals surface area (Å²) in [5, 5.41) is 0.168. The Kier molecular flexibility index (Phi) is 3.94. The van der Waals surface area contributed by atoms with Crippen LogP contribution in [0.15, 0.2) is 24.3 Å². The maximum absolute atomic E-state index is 11.7. The summed E-state index contributed by atoms with van der Waals surface area (Å²) in [6.45, 7) is 3.94. The average Bonchev–Trinajstić information content (AvgIpc) is 2.61. The zero-order chi connectivity index (χ0) is 12.3. The van der Waals surface area contributed by atoms with Crippen molar-refractivity contribution in [1.29, 1.82) is 0 Å². The Balaban J connectivity index is 2.10. The van der Waals surface area contributed by atoms with E-state index in [1.807, 2.05) is 36.1 Å². The highest BCUT2D eigenvalue weighted by molar-refractivity contribution is 7.81. The van der Waals surface area contributed by atoms with E-state index in [-0.39, 0.29) is 11.2 Å². The highest BCUT2D eigenvalue weighted by Gasteiger charge is 2.27. The molecule has 4 heteroatoms. The van der Waals surface area contributed by atoms with Crippen molar-refractivity contribution < 1.29 is 9.53 Å². The van der Waals surface area contributed by atoms with Gasteiger partial charge in [-0.25, -0.2) is 0 Å². The van der Waals surface area contributed by atoms with Crippen molar-refractivity contribution in [2.75, 3.05) is 13.2 Å². The van der Waals surface area contributed by atoms with Gasteiger partial charge >= 0.3 is 0 Å². The van der Waals surface area contributed by atoms with Crippen LogP contribution in [0, 0.1) is 0 Å². The van der Waals surface area contributed by atoms with Crippen molar-refractivity contribution in [1.82, 2.24) is 4.90 Å². The minimum absolute atomic E-state index is 0.168. The zero-order valence-electron chi connectivity index (χ0n) is 9.93. The number of ether oxygens (including phenoxy) is 1. The summed E-state index contributed by atoms with van der Waals surface area (Å²) in [5.41, 5.74) is 1.06. The first-order valence-corrected chi connectivity index (χ1v) is 6.39. The smallest absolute Gasteiger partial charge is 0.224 e. The maximum atomic E-state index is 11.7. The van der Waals surface area contributed by atoms with E-state index in [0.717, 1.165) is 17.9 Å². The quantitative estimate of drug-likeness (QED) is 0.831. The van der Waals surface area contributed by atoms with Gasteiger partial charge in [-0.2, -0.15) is 12.6 Å². The van der Waals surface area contributed by atoms with Gasteiger partial charge in [-0.05, 0) is 13.0 Å². The Bertz CT molecular complexity index is 408. The minimum Gasteiger partial charge on any atom is -0.494 e. The minimum atomic E-state index is 0.168. The van der Waals surface area contributed by atoms with Crippen LogP contribution >= 0.6 is 12.6 Å². The third-order valence-electron chi connectivity index (χ3n) is 2.83. The molecule has 0 aromatic heterocycles. The lowest BCUT2D eigenvalue weighted by molar-refractivity contribution is -0.128. The van der Waals surface area contributed by atoms with E-state index in [1.54, 1.807) is 0 Å². The summed E-state index contributed by atoms with van der Waals surface area (Å²) in [6, 6.07) is 7.86. The highest BCUT2D eigenvalue weighted by atomic mass is 32.1. The summed E-state index contributed by atoms with van der Waals surface area (Å²) >= 11 is 4.35. The van der Waals surface area contributed by atoms with Crippen LogP contribution in [0.25, 0.3) is 0 Å². The second-order valence-electron chi connectivity index (χ2n) is 4.17. The second kappa shape index (κ2) is 5.45. The molecule has 1 aromatic rings. The van der Waals surface area contributed by atoms with Gasteiger partial charge in [0.15, 0.2) is 0 Å². The summed E-state index contributed by atoms with van der Waals surface area (Å²) in [7, 11) is 0. The monoisotopic (exact) mass is 251 g/mol. The van der Waals surface area contributed by atoms with Crippen LogP contribution < -0.4 is 4.74 Å². The lowest BCUT2D eigenvalue weighted by Gasteiger charge is -2.18. The van der Waals surface area contributed by atoms with Gasteiger partial charge < -0.3 is 9.64 Å². The zero-order valence-corrected chi connectivity index (χ0v) is 10.8.